The van der Waals surface area contributed by atoms with E-state index in [2.05, 4.69) is 315 Å². The topological polar surface area (TPSA) is 103 Å². The largest absolute Gasteiger partial charge is 0.228 e. The van der Waals surface area contributed by atoms with Crippen LogP contribution in [0.25, 0.3) is 208 Å². The maximum absolute atomic E-state index is 5.23. The van der Waals surface area contributed by atoms with Crippen LogP contribution in [-0.2, 0) is 0 Å². The Balaban J connectivity index is 0.000000150. The standard InChI is InChI=1S/C58H36N4S.C42H26N4S/c1-4-12-37(13-5-1)39-20-24-41(25-21-39)51-36-52(42-26-22-40(23-27-42)38-14-6-2-7-15-38)60-57(59-51)46-30-28-44-33-49-35-47(31-29-45(49)32-48(44)34-46)58-61-54(43-16-8-3-9-17-43)56-55(62-58)50-18-10-11-19-53(50)63-56;1-3-11-29(12-4-1)37-33-15-7-9-17-35(33)43-41(44-37)31-23-19-27(20-24-31)28-21-25-32(26-22-28)42-45-38(30-13-5-2-6-14-30)40-39(46-42)34-16-8-10-18-36(34)47-40/h1-36H;1-26H. The van der Waals surface area contributed by atoms with Gasteiger partial charge in [-0.1, -0.05) is 328 Å². The molecule has 10 heteroatoms. The third-order valence-corrected chi connectivity index (χ3v) is 22.8. The van der Waals surface area contributed by atoms with E-state index in [1.165, 1.54) is 31.7 Å². The summed E-state index contributed by atoms with van der Waals surface area (Å²) in [6.07, 6.45) is 0. The first-order valence-corrected chi connectivity index (χ1v) is 38.3. The Morgan fingerprint density at radius 2 is 0.473 bits per heavy atom. The van der Waals surface area contributed by atoms with Crippen molar-refractivity contribution in [3.05, 3.63) is 376 Å². The van der Waals surface area contributed by atoms with Gasteiger partial charge in [0.2, 0.25) is 0 Å². The van der Waals surface area contributed by atoms with Crippen LogP contribution < -0.4 is 0 Å². The summed E-state index contributed by atoms with van der Waals surface area (Å²) in [7, 11) is 0. The van der Waals surface area contributed by atoms with Crippen molar-refractivity contribution >= 4 is 95.7 Å². The van der Waals surface area contributed by atoms with E-state index in [-0.39, 0.29) is 0 Å². The molecule has 21 rings (SSSR count). The maximum atomic E-state index is 5.23. The van der Waals surface area contributed by atoms with E-state index in [1.807, 2.05) is 60.7 Å². The van der Waals surface area contributed by atoms with Crippen LogP contribution >= 0.6 is 22.7 Å². The lowest BCUT2D eigenvalue weighted by Gasteiger charge is -2.12. The fourth-order valence-electron chi connectivity index (χ4n) is 14.7. The van der Waals surface area contributed by atoms with E-state index in [9.17, 15) is 0 Å². The van der Waals surface area contributed by atoms with E-state index >= 15 is 0 Å². The third-order valence-electron chi connectivity index (χ3n) is 20.4. The quantitative estimate of drug-likeness (QED) is 0.111. The zero-order chi connectivity index (χ0) is 72.9. The third kappa shape index (κ3) is 12.7. The number of hydrogen-bond donors (Lipinski definition) is 0. The zero-order valence-corrected chi connectivity index (χ0v) is 60.8. The number of nitrogens with zero attached hydrogens (tertiary/aromatic N) is 8. The summed E-state index contributed by atoms with van der Waals surface area (Å²) in [6.45, 7) is 0. The summed E-state index contributed by atoms with van der Waals surface area (Å²) in [5, 5.41) is 7.90. The van der Waals surface area contributed by atoms with Crippen LogP contribution in [0.5, 0.6) is 0 Å². The lowest BCUT2D eigenvalue weighted by molar-refractivity contribution is 1.18. The molecule has 0 saturated carbocycles. The van der Waals surface area contributed by atoms with Crippen LogP contribution in [0, 0.1) is 0 Å². The Bertz CT molecular complexity index is 6920. The highest BCUT2D eigenvalue weighted by molar-refractivity contribution is 7.26. The van der Waals surface area contributed by atoms with E-state index in [0.29, 0.717) is 11.6 Å². The molecule has 0 saturated heterocycles. The summed E-state index contributed by atoms with van der Waals surface area (Å²) < 4.78 is 4.65. The highest BCUT2D eigenvalue weighted by Gasteiger charge is 2.21. The number of fused-ring (bicyclic) bond motifs is 9. The predicted molar refractivity (Wildman–Crippen MR) is 459 cm³/mol. The van der Waals surface area contributed by atoms with Gasteiger partial charge in [0.15, 0.2) is 23.3 Å². The van der Waals surface area contributed by atoms with Crippen molar-refractivity contribution < 1.29 is 0 Å². The fourth-order valence-corrected chi connectivity index (χ4v) is 17.1. The van der Waals surface area contributed by atoms with Crippen molar-refractivity contribution in [3.8, 4) is 135 Å². The molecule has 0 radical (unpaired) electrons. The van der Waals surface area contributed by atoms with Gasteiger partial charge in [-0.25, -0.2) is 39.9 Å². The SMILES string of the molecule is c1ccc(-c2ccc(-c3cc(-c4ccc(-c5ccccc5)cc4)nc(-c4ccc5cc6cc(-c7nc(-c8ccccc8)c8sc9ccccc9c8n7)ccc6cc5c4)n3)cc2)cc1.c1ccc(-c2nc(-c3ccc(-c4ccc(-c5nc(-c6ccccc6)c6sc7ccccc7c6n5)cc4)cc3)nc3ccccc23)cc1. The van der Waals surface area contributed by atoms with Crippen LogP contribution in [0.3, 0.4) is 0 Å². The van der Waals surface area contributed by atoms with Gasteiger partial charge < -0.3 is 0 Å². The number of aromatic nitrogens is 8. The molecular weight excluding hydrogens is 1380 g/mol. The van der Waals surface area contributed by atoms with Crippen LogP contribution in [-0.4, -0.2) is 39.9 Å². The van der Waals surface area contributed by atoms with Gasteiger partial charge in [-0.2, -0.15) is 0 Å². The van der Waals surface area contributed by atoms with Gasteiger partial charge in [-0.05, 0) is 103 Å². The molecule has 0 atom stereocenters. The van der Waals surface area contributed by atoms with Crippen LogP contribution in [0.15, 0.2) is 376 Å². The van der Waals surface area contributed by atoms with Gasteiger partial charge in [-0.15, -0.1) is 22.7 Å². The highest BCUT2D eigenvalue weighted by Crippen LogP contribution is 2.43. The van der Waals surface area contributed by atoms with E-state index in [4.69, 9.17) is 39.9 Å². The lowest BCUT2D eigenvalue weighted by Crippen LogP contribution is -1.96. The minimum Gasteiger partial charge on any atom is -0.228 e. The fraction of sp³-hybridized carbons (Fsp3) is 0. The first-order chi connectivity index (χ1) is 54.4. The smallest absolute Gasteiger partial charge is 0.160 e. The molecule has 0 aliphatic carbocycles. The molecule has 6 heterocycles. The number of thiophene rings is 2. The summed E-state index contributed by atoms with van der Waals surface area (Å²) in [5.41, 5.74) is 23.7. The van der Waals surface area contributed by atoms with E-state index in [0.717, 1.165) is 165 Å². The van der Waals surface area contributed by atoms with Gasteiger partial charge in [0, 0.05) is 75.6 Å². The van der Waals surface area contributed by atoms with E-state index < -0.39 is 0 Å². The number of rotatable bonds is 12. The van der Waals surface area contributed by atoms with Crippen molar-refractivity contribution in [2.75, 3.05) is 0 Å². The number of benzene rings is 15. The summed E-state index contributed by atoms with van der Waals surface area (Å²) >= 11 is 3.51. The van der Waals surface area contributed by atoms with Gasteiger partial charge in [0.25, 0.3) is 0 Å². The second-order valence-electron chi connectivity index (χ2n) is 27.3. The summed E-state index contributed by atoms with van der Waals surface area (Å²) in [5.74, 6) is 2.85. The van der Waals surface area contributed by atoms with Crippen molar-refractivity contribution in [1.82, 2.24) is 39.9 Å². The predicted octanol–water partition coefficient (Wildman–Crippen LogP) is 26.7. The molecule has 0 aliphatic rings. The Kier molecular flexibility index (Phi) is 16.8. The summed E-state index contributed by atoms with van der Waals surface area (Å²) in [6, 6.07) is 131. The Hall–Kier alpha value is -14.2. The van der Waals surface area contributed by atoms with Crippen LogP contribution in [0.4, 0.5) is 0 Å². The molecule has 0 unspecified atom stereocenters. The molecule has 15 aromatic carbocycles. The average Bonchev–Trinajstić information content (AvgIpc) is 1.58. The van der Waals surface area contributed by atoms with Gasteiger partial charge in [0.1, 0.15) is 0 Å². The molecule has 8 nitrogen and oxygen atoms in total. The number of para-hydroxylation sites is 1. The molecule has 0 amide bonds. The van der Waals surface area contributed by atoms with Crippen molar-refractivity contribution in [1.29, 1.82) is 0 Å². The molecule has 0 bridgehead atoms. The second-order valence-corrected chi connectivity index (χ2v) is 29.4. The Morgan fingerprint density at radius 1 is 0.173 bits per heavy atom. The molecule has 0 N–H and O–H groups in total. The minimum atomic E-state index is 0.682. The second kappa shape index (κ2) is 28.3. The molecule has 0 spiro atoms. The first-order valence-electron chi connectivity index (χ1n) is 36.7. The van der Waals surface area contributed by atoms with Crippen LogP contribution in [0.2, 0.25) is 0 Å². The van der Waals surface area contributed by atoms with Gasteiger partial charge in [0.05, 0.1) is 54.4 Å². The molecular formula is C100H62N8S2. The van der Waals surface area contributed by atoms with Gasteiger partial charge >= 0.3 is 0 Å². The van der Waals surface area contributed by atoms with Crippen molar-refractivity contribution in [2.24, 2.45) is 0 Å². The molecule has 514 valence electrons. The average molecular weight is 1440 g/mol. The molecule has 0 fully saturated rings. The molecule has 0 aliphatic heterocycles. The lowest BCUT2D eigenvalue weighted by atomic mass is 9.99. The number of hydrogen-bond acceptors (Lipinski definition) is 10. The first kappa shape index (κ1) is 65.4. The zero-order valence-electron chi connectivity index (χ0n) is 59.2. The maximum Gasteiger partial charge on any atom is 0.160 e. The summed E-state index contributed by atoms with van der Waals surface area (Å²) in [4.78, 5) is 41.1. The normalized spacial score (nSPS) is 11.5. The monoisotopic (exact) mass is 1440 g/mol. The van der Waals surface area contributed by atoms with Crippen molar-refractivity contribution in [2.45, 2.75) is 0 Å². The molecule has 21 aromatic rings. The Morgan fingerprint density at radius 3 is 0.900 bits per heavy atom. The minimum absolute atomic E-state index is 0.682. The molecule has 110 heavy (non-hydrogen) atoms. The van der Waals surface area contributed by atoms with Crippen LogP contribution in [0.1, 0.15) is 0 Å². The van der Waals surface area contributed by atoms with E-state index in [1.54, 1.807) is 22.7 Å². The molecule has 6 aromatic heterocycles. The van der Waals surface area contributed by atoms with Gasteiger partial charge in [-0.3, -0.25) is 0 Å². The highest BCUT2D eigenvalue weighted by atomic mass is 32.1. The van der Waals surface area contributed by atoms with Crippen molar-refractivity contribution in [3.63, 3.8) is 0 Å². The Labute approximate surface area is 642 Å².